The molecule has 1 N–H and O–H groups in total. The number of nitrogens with one attached hydrogen (secondary N) is 1. The molecule has 5 heteroatoms. The highest BCUT2D eigenvalue weighted by molar-refractivity contribution is 8.00. The first kappa shape index (κ1) is 12.3. The molecule has 1 fully saturated rings. The minimum absolute atomic E-state index is 0.247. The highest BCUT2D eigenvalue weighted by Gasteiger charge is 2.35. The lowest BCUT2D eigenvalue weighted by Gasteiger charge is -2.40. The average Bonchev–Trinajstić information content (AvgIpc) is 2.00. The number of rotatable bonds is 6. The molecule has 14 heavy (non-hydrogen) atoms. The third kappa shape index (κ3) is 3.79. The molecule has 84 valence electrons. The molecule has 1 rings (SSSR count). The van der Waals surface area contributed by atoms with Gasteiger partial charge in [-0.25, -0.2) is 8.42 Å². The molecule has 0 bridgehead atoms. The molecule has 0 aromatic heterocycles. The Morgan fingerprint density at radius 3 is 2.43 bits per heavy atom. The Morgan fingerprint density at radius 1 is 1.43 bits per heavy atom. The Morgan fingerprint density at radius 2 is 2.07 bits per heavy atom. The average molecular weight is 237 g/mol. The Bertz CT molecular complexity index is 265. The number of thioether (sulfide) groups is 1. The molecule has 0 unspecified atom stereocenters. The van der Waals surface area contributed by atoms with Crippen molar-refractivity contribution in [1.29, 1.82) is 0 Å². The van der Waals surface area contributed by atoms with Crippen LogP contribution in [0.3, 0.4) is 0 Å². The molecule has 0 saturated heterocycles. The number of hydrogen-bond acceptors (Lipinski definition) is 4. The smallest absolute Gasteiger partial charge is 0.148 e. The fourth-order valence-electron chi connectivity index (χ4n) is 1.60. The summed E-state index contributed by atoms with van der Waals surface area (Å²) in [6.07, 6.45) is 7.26. The molecule has 0 spiro atoms. The summed E-state index contributed by atoms with van der Waals surface area (Å²) < 4.78 is 22.1. The molecular formula is C9H19NO2S2. The van der Waals surface area contributed by atoms with Crippen molar-refractivity contribution in [3.63, 3.8) is 0 Å². The minimum atomic E-state index is -2.81. The SMILES string of the molecule is CSC1(CNCCS(C)(=O)=O)CCC1. The summed E-state index contributed by atoms with van der Waals surface area (Å²) in [6.45, 7) is 1.53. The topological polar surface area (TPSA) is 46.2 Å². The van der Waals surface area contributed by atoms with Crippen LogP contribution >= 0.6 is 11.8 Å². The van der Waals surface area contributed by atoms with Crippen LogP contribution in [0, 0.1) is 0 Å². The zero-order valence-electron chi connectivity index (χ0n) is 8.88. The monoisotopic (exact) mass is 237 g/mol. The van der Waals surface area contributed by atoms with Crippen molar-refractivity contribution in [3.05, 3.63) is 0 Å². The third-order valence-corrected chi connectivity index (χ3v) is 5.16. The molecule has 0 aromatic rings. The van der Waals surface area contributed by atoms with Crippen LogP contribution in [0.25, 0.3) is 0 Å². The van der Waals surface area contributed by atoms with Gasteiger partial charge in [0.2, 0.25) is 0 Å². The maximum atomic E-state index is 10.9. The summed E-state index contributed by atoms with van der Waals surface area (Å²) in [5, 5.41) is 3.24. The summed E-state index contributed by atoms with van der Waals surface area (Å²) in [7, 11) is -2.81. The third-order valence-electron chi connectivity index (χ3n) is 2.79. The molecule has 1 aliphatic rings. The zero-order chi connectivity index (χ0) is 10.7. The minimum Gasteiger partial charge on any atom is -0.314 e. The van der Waals surface area contributed by atoms with E-state index in [-0.39, 0.29) is 5.75 Å². The second kappa shape index (κ2) is 4.86. The van der Waals surface area contributed by atoms with E-state index in [1.54, 1.807) is 0 Å². The van der Waals surface area contributed by atoms with Gasteiger partial charge in [0.05, 0.1) is 5.75 Å². The highest BCUT2D eigenvalue weighted by Crippen LogP contribution is 2.41. The second-order valence-corrected chi connectivity index (χ2v) is 7.58. The van der Waals surface area contributed by atoms with Crippen LogP contribution in [0.5, 0.6) is 0 Å². The van der Waals surface area contributed by atoms with E-state index >= 15 is 0 Å². The van der Waals surface area contributed by atoms with E-state index in [9.17, 15) is 8.42 Å². The van der Waals surface area contributed by atoms with Gasteiger partial charge >= 0.3 is 0 Å². The first-order chi connectivity index (χ1) is 6.47. The van der Waals surface area contributed by atoms with E-state index in [2.05, 4.69) is 11.6 Å². The van der Waals surface area contributed by atoms with E-state index in [4.69, 9.17) is 0 Å². The van der Waals surface area contributed by atoms with Crippen LogP contribution < -0.4 is 5.32 Å². The van der Waals surface area contributed by atoms with Crippen molar-refractivity contribution < 1.29 is 8.42 Å². The summed E-state index contributed by atoms with van der Waals surface area (Å²) in [4.78, 5) is 0. The first-order valence-corrected chi connectivity index (χ1v) is 8.20. The van der Waals surface area contributed by atoms with Crippen molar-refractivity contribution in [2.75, 3.05) is 31.4 Å². The molecule has 0 aliphatic heterocycles. The number of sulfone groups is 1. The fourth-order valence-corrected chi connectivity index (χ4v) is 3.06. The van der Waals surface area contributed by atoms with Gasteiger partial charge in [-0.15, -0.1) is 0 Å². The van der Waals surface area contributed by atoms with Gasteiger partial charge in [-0.3, -0.25) is 0 Å². The molecule has 0 heterocycles. The number of hydrogen-bond donors (Lipinski definition) is 1. The van der Waals surface area contributed by atoms with Crippen LogP contribution in [0.2, 0.25) is 0 Å². The van der Waals surface area contributed by atoms with Gasteiger partial charge in [0.15, 0.2) is 0 Å². The Labute approximate surface area is 91.0 Å². The normalized spacial score (nSPS) is 20.4. The molecule has 0 aromatic carbocycles. The van der Waals surface area contributed by atoms with Crippen molar-refractivity contribution in [1.82, 2.24) is 5.32 Å². The predicted octanol–water partition coefficient (Wildman–Crippen LogP) is 0.906. The van der Waals surface area contributed by atoms with Gasteiger partial charge in [0, 0.05) is 24.1 Å². The largest absolute Gasteiger partial charge is 0.314 e. The standard InChI is InChI=1S/C9H19NO2S2/c1-13-9(4-3-5-9)8-10-6-7-14(2,11)12/h10H,3-8H2,1-2H3. The molecule has 0 atom stereocenters. The van der Waals surface area contributed by atoms with Crippen LogP contribution in [0.15, 0.2) is 0 Å². The van der Waals surface area contributed by atoms with Crippen LogP contribution in [-0.2, 0) is 9.84 Å². The lowest BCUT2D eigenvalue weighted by Crippen LogP contribution is -2.44. The summed E-state index contributed by atoms with van der Waals surface area (Å²) in [5.41, 5.74) is 0. The van der Waals surface area contributed by atoms with Gasteiger partial charge in [-0.05, 0) is 19.1 Å². The van der Waals surface area contributed by atoms with Crippen molar-refractivity contribution in [2.45, 2.75) is 24.0 Å². The van der Waals surface area contributed by atoms with Crippen LogP contribution in [0.1, 0.15) is 19.3 Å². The second-order valence-electron chi connectivity index (χ2n) is 4.05. The van der Waals surface area contributed by atoms with Crippen LogP contribution in [0.4, 0.5) is 0 Å². The quantitative estimate of drug-likeness (QED) is 0.697. The molecule has 0 amide bonds. The van der Waals surface area contributed by atoms with E-state index in [1.807, 2.05) is 11.8 Å². The summed E-state index contributed by atoms with van der Waals surface area (Å²) >= 11 is 1.91. The highest BCUT2D eigenvalue weighted by atomic mass is 32.2. The summed E-state index contributed by atoms with van der Waals surface area (Å²) in [5.74, 6) is 0.247. The van der Waals surface area contributed by atoms with Crippen LogP contribution in [-0.4, -0.2) is 44.5 Å². The van der Waals surface area contributed by atoms with Crippen molar-refractivity contribution in [3.8, 4) is 0 Å². The molecule has 3 nitrogen and oxygen atoms in total. The van der Waals surface area contributed by atoms with Gasteiger partial charge in [0.1, 0.15) is 9.84 Å². The van der Waals surface area contributed by atoms with E-state index in [1.165, 1.54) is 25.5 Å². The zero-order valence-corrected chi connectivity index (χ0v) is 10.5. The van der Waals surface area contributed by atoms with Gasteiger partial charge in [0.25, 0.3) is 0 Å². The van der Waals surface area contributed by atoms with E-state index in [0.29, 0.717) is 11.3 Å². The Kier molecular flexibility index (Phi) is 4.28. The molecule has 0 radical (unpaired) electrons. The van der Waals surface area contributed by atoms with E-state index in [0.717, 1.165) is 6.54 Å². The van der Waals surface area contributed by atoms with Crippen molar-refractivity contribution in [2.24, 2.45) is 0 Å². The molecule has 1 aliphatic carbocycles. The Hall–Kier alpha value is 0.260. The maximum Gasteiger partial charge on any atom is 0.148 e. The lowest BCUT2D eigenvalue weighted by molar-refractivity contribution is 0.349. The predicted molar refractivity (Wildman–Crippen MR) is 62.7 cm³/mol. The van der Waals surface area contributed by atoms with E-state index < -0.39 is 9.84 Å². The first-order valence-electron chi connectivity index (χ1n) is 4.91. The van der Waals surface area contributed by atoms with Gasteiger partial charge in [-0.1, -0.05) is 6.42 Å². The maximum absolute atomic E-state index is 10.9. The lowest BCUT2D eigenvalue weighted by atomic mass is 9.84. The van der Waals surface area contributed by atoms with Gasteiger partial charge < -0.3 is 5.32 Å². The van der Waals surface area contributed by atoms with Crippen molar-refractivity contribution >= 4 is 21.6 Å². The Balaban J connectivity index is 2.15. The molecule has 1 saturated carbocycles. The molecular weight excluding hydrogens is 218 g/mol. The summed E-state index contributed by atoms with van der Waals surface area (Å²) in [6, 6.07) is 0. The fraction of sp³-hybridized carbons (Fsp3) is 1.00. The van der Waals surface area contributed by atoms with Gasteiger partial charge in [-0.2, -0.15) is 11.8 Å².